The van der Waals surface area contributed by atoms with Crippen LogP contribution in [-0.4, -0.2) is 61.6 Å². The summed E-state index contributed by atoms with van der Waals surface area (Å²) in [5, 5.41) is 0. The third-order valence-electron chi connectivity index (χ3n) is 5.28. The molecule has 2 heterocycles. The van der Waals surface area contributed by atoms with E-state index in [1.54, 1.807) is 0 Å². The smallest absolute Gasteiger partial charge is 0.323 e. The maximum Gasteiger partial charge on any atom is 0.323 e. The van der Waals surface area contributed by atoms with Crippen molar-refractivity contribution in [3.05, 3.63) is 0 Å². The fourth-order valence-corrected chi connectivity index (χ4v) is 4.11. The highest BCUT2D eigenvalue weighted by molar-refractivity contribution is 5.76. The first kappa shape index (κ1) is 13.4. The van der Waals surface area contributed by atoms with E-state index in [0.29, 0.717) is 5.92 Å². The molecule has 3 aliphatic rings. The van der Waals surface area contributed by atoms with Crippen molar-refractivity contribution in [1.82, 2.24) is 9.80 Å². The van der Waals surface area contributed by atoms with E-state index in [1.807, 2.05) is 0 Å². The summed E-state index contributed by atoms with van der Waals surface area (Å²) >= 11 is 0. The van der Waals surface area contributed by atoms with Crippen molar-refractivity contribution in [3.63, 3.8) is 0 Å². The number of carbonyl (C=O) groups is 1. The molecule has 0 amide bonds. The van der Waals surface area contributed by atoms with Crippen LogP contribution in [0.2, 0.25) is 0 Å². The fourth-order valence-electron chi connectivity index (χ4n) is 4.11. The summed E-state index contributed by atoms with van der Waals surface area (Å²) in [6.45, 7) is 3.39. The van der Waals surface area contributed by atoms with Gasteiger partial charge in [-0.05, 0) is 57.5 Å². The van der Waals surface area contributed by atoms with Crippen LogP contribution >= 0.6 is 0 Å². The molecule has 0 N–H and O–H groups in total. The predicted octanol–water partition coefficient (Wildman–Crippen LogP) is 1.35. The number of ether oxygens (including phenoxy) is 1. The first-order chi connectivity index (χ1) is 9.20. The zero-order valence-electron chi connectivity index (χ0n) is 12.2. The number of fused-ring (bicyclic) bond motifs is 1. The van der Waals surface area contributed by atoms with E-state index in [9.17, 15) is 4.79 Å². The molecule has 3 unspecified atom stereocenters. The molecule has 19 heavy (non-hydrogen) atoms. The molecule has 0 aromatic carbocycles. The lowest BCUT2D eigenvalue weighted by Crippen LogP contribution is -2.56. The second-order valence-corrected chi connectivity index (χ2v) is 6.54. The molecule has 3 rings (SSSR count). The molecule has 0 bridgehead atoms. The molecule has 108 valence electrons. The molecule has 0 aromatic heterocycles. The molecule has 1 saturated carbocycles. The Morgan fingerprint density at radius 1 is 1.21 bits per heavy atom. The standard InChI is InChI=1S/C15H26N2O2/c1-16-8-3-4-12-10-17(9-7-13(12)16)14(11-5-6-11)15(18)19-2/h11-14H,3-10H2,1-2H3. The summed E-state index contributed by atoms with van der Waals surface area (Å²) in [7, 11) is 3.78. The Morgan fingerprint density at radius 3 is 2.68 bits per heavy atom. The van der Waals surface area contributed by atoms with Crippen molar-refractivity contribution in [3.8, 4) is 0 Å². The topological polar surface area (TPSA) is 32.8 Å². The van der Waals surface area contributed by atoms with Crippen LogP contribution in [-0.2, 0) is 9.53 Å². The summed E-state index contributed by atoms with van der Waals surface area (Å²) < 4.78 is 5.03. The van der Waals surface area contributed by atoms with Gasteiger partial charge in [-0.2, -0.15) is 0 Å². The van der Waals surface area contributed by atoms with E-state index in [4.69, 9.17) is 4.74 Å². The predicted molar refractivity (Wildman–Crippen MR) is 73.9 cm³/mol. The summed E-state index contributed by atoms with van der Waals surface area (Å²) in [4.78, 5) is 17.0. The van der Waals surface area contributed by atoms with Crippen molar-refractivity contribution in [1.29, 1.82) is 0 Å². The number of piperidine rings is 2. The van der Waals surface area contributed by atoms with Gasteiger partial charge in [0.05, 0.1) is 7.11 Å². The number of rotatable bonds is 3. The number of carbonyl (C=O) groups excluding carboxylic acids is 1. The molecule has 1 aliphatic carbocycles. The van der Waals surface area contributed by atoms with Gasteiger partial charge in [0, 0.05) is 19.1 Å². The average molecular weight is 266 g/mol. The molecule has 0 spiro atoms. The summed E-state index contributed by atoms with van der Waals surface area (Å²) in [5.74, 6) is 1.30. The highest BCUT2D eigenvalue weighted by Crippen LogP contribution is 2.39. The van der Waals surface area contributed by atoms with E-state index >= 15 is 0 Å². The van der Waals surface area contributed by atoms with E-state index in [2.05, 4.69) is 16.8 Å². The highest BCUT2D eigenvalue weighted by Gasteiger charge is 2.44. The van der Waals surface area contributed by atoms with Crippen molar-refractivity contribution in [2.24, 2.45) is 11.8 Å². The van der Waals surface area contributed by atoms with Crippen molar-refractivity contribution in [2.75, 3.05) is 33.8 Å². The van der Waals surface area contributed by atoms with Gasteiger partial charge in [0.15, 0.2) is 0 Å². The number of likely N-dealkylation sites (tertiary alicyclic amines) is 2. The molecule has 3 atom stereocenters. The number of hydrogen-bond acceptors (Lipinski definition) is 4. The van der Waals surface area contributed by atoms with Crippen LogP contribution < -0.4 is 0 Å². The lowest BCUT2D eigenvalue weighted by molar-refractivity contribution is -0.149. The van der Waals surface area contributed by atoms with Crippen LogP contribution in [0.25, 0.3) is 0 Å². The zero-order chi connectivity index (χ0) is 13.4. The monoisotopic (exact) mass is 266 g/mol. The quantitative estimate of drug-likeness (QED) is 0.722. The third kappa shape index (κ3) is 2.65. The first-order valence-corrected chi connectivity index (χ1v) is 7.73. The summed E-state index contributed by atoms with van der Waals surface area (Å²) in [5.41, 5.74) is 0. The molecule has 0 aromatic rings. The molecule has 4 heteroatoms. The van der Waals surface area contributed by atoms with Gasteiger partial charge < -0.3 is 9.64 Å². The van der Waals surface area contributed by atoms with E-state index in [1.165, 1.54) is 45.8 Å². The van der Waals surface area contributed by atoms with Gasteiger partial charge in [-0.15, -0.1) is 0 Å². The Balaban J connectivity index is 1.67. The first-order valence-electron chi connectivity index (χ1n) is 7.73. The summed E-state index contributed by atoms with van der Waals surface area (Å²) in [6, 6.07) is 0.778. The average Bonchev–Trinajstić information content (AvgIpc) is 3.23. The Hall–Kier alpha value is -0.610. The minimum atomic E-state index is -0.00915. The molecule has 3 fully saturated rings. The van der Waals surface area contributed by atoms with E-state index in [-0.39, 0.29) is 12.0 Å². The highest BCUT2D eigenvalue weighted by atomic mass is 16.5. The number of hydrogen-bond donors (Lipinski definition) is 0. The zero-order valence-corrected chi connectivity index (χ0v) is 12.2. The van der Waals surface area contributed by atoms with Gasteiger partial charge >= 0.3 is 5.97 Å². The molecule has 4 nitrogen and oxygen atoms in total. The number of methoxy groups -OCH3 is 1. The van der Waals surface area contributed by atoms with Gasteiger partial charge in [0.25, 0.3) is 0 Å². The van der Waals surface area contributed by atoms with Gasteiger partial charge in [-0.1, -0.05) is 0 Å². The van der Waals surface area contributed by atoms with Crippen LogP contribution in [0.3, 0.4) is 0 Å². The molecule has 2 saturated heterocycles. The largest absolute Gasteiger partial charge is 0.468 e. The van der Waals surface area contributed by atoms with Crippen LogP contribution in [0.15, 0.2) is 0 Å². The normalized spacial score (nSPS) is 34.6. The maximum absolute atomic E-state index is 12.0. The fraction of sp³-hybridized carbons (Fsp3) is 0.933. The lowest BCUT2D eigenvalue weighted by Gasteiger charge is -2.47. The maximum atomic E-state index is 12.0. The Morgan fingerprint density at radius 2 is 2.00 bits per heavy atom. The minimum absolute atomic E-state index is 0.00915. The third-order valence-corrected chi connectivity index (χ3v) is 5.28. The van der Waals surface area contributed by atoms with Crippen LogP contribution in [0.4, 0.5) is 0 Å². The van der Waals surface area contributed by atoms with E-state index in [0.717, 1.165) is 25.0 Å². The van der Waals surface area contributed by atoms with Crippen LogP contribution in [0.5, 0.6) is 0 Å². The lowest BCUT2D eigenvalue weighted by atomic mass is 9.83. The Bertz CT molecular complexity index is 343. The van der Waals surface area contributed by atoms with Crippen molar-refractivity contribution >= 4 is 5.97 Å². The van der Waals surface area contributed by atoms with Crippen molar-refractivity contribution < 1.29 is 9.53 Å². The Labute approximate surface area is 116 Å². The SMILES string of the molecule is COC(=O)C(C1CC1)N1CCC2C(CCCN2C)C1. The van der Waals surface area contributed by atoms with Gasteiger partial charge in [-0.3, -0.25) is 9.69 Å². The van der Waals surface area contributed by atoms with E-state index < -0.39 is 0 Å². The second kappa shape index (κ2) is 5.41. The van der Waals surface area contributed by atoms with Crippen LogP contribution in [0.1, 0.15) is 32.1 Å². The summed E-state index contributed by atoms with van der Waals surface area (Å²) in [6.07, 6.45) is 6.23. The van der Waals surface area contributed by atoms with Gasteiger partial charge in [0.1, 0.15) is 6.04 Å². The van der Waals surface area contributed by atoms with Crippen LogP contribution in [0, 0.1) is 11.8 Å². The van der Waals surface area contributed by atoms with Crippen molar-refractivity contribution in [2.45, 2.75) is 44.2 Å². The second-order valence-electron chi connectivity index (χ2n) is 6.54. The van der Waals surface area contributed by atoms with Gasteiger partial charge in [-0.25, -0.2) is 0 Å². The molecule has 2 aliphatic heterocycles. The molecule has 0 radical (unpaired) electrons. The Kier molecular flexibility index (Phi) is 3.81. The molecular weight excluding hydrogens is 240 g/mol. The number of esters is 1. The minimum Gasteiger partial charge on any atom is -0.468 e. The number of nitrogens with zero attached hydrogens (tertiary/aromatic N) is 2. The molecular formula is C15H26N2O2. The van der Waals surface area contributed by atoms with Gasteiger partial charge in [0.2, 0.25) is 0 Å².